The number of aromatic nitrogens is 2. The number of hydrogen-bond donors (Lipinski definition) is 0. The van der Waals surface area contributed by atoms with E-state index in [0.717, 1.165) is 16.8 Å². The molecule has 1 heterocycles. The summed E-state index contributed by atoms with van der Waals surface area (Å²) in [6.07, 6.45) is 0. The number of aryl methyl sites for hydroxylation is 1. The Bertz CT molecular complexity index is 775. The van der Waals surface area contributed by atoms with E-state index in [9.17, 15) is 0 Å². The van der Waals surface area contributed by atoms with Crippen molar-refractivity contribution in [3.63, 3.8) is 0 Å². The summed E-state index contributed by atoms with van der Waals surface area (Å²) in [7, 11) is 0. The van der Waals surface area contributed by atoms with Crippen LogP contribution >= 0.6 is 11.6 Å². The molecule has 0 bridgehead atoms. The number of hydrogen-bond acceptors (Lipinski definition) is 3. The molecule has 2 aromatic carbocycles. The second-order valence-corrected chi connectivity index (χ2v) is 5.39. The largest absolute Gasteiger partial charge is 0.473 e. The number of benzene rings is 2. The van der Waals surface area contributed by atoms with E-state index >= 15 is 0 Å². The van der Waals surface area contributed by atoms with Crippen LogP contribution in [0.15, 0.2) is 60.7 Å². The van der Waals surface area contributed by atoms with E-state index in [2.05, 4.69) is 9.97 Å². The van der Waals surface area contributed by atoms with Gasteiger partial charge in [0.2, 0.25) is 5.88 Å². The first kappa shape index (κ1) is 14.5. The van der Waals surface area contributed by atoms with Crippen LogP contribution in [0.1, 0.15) is 11.3 Å². The van der Waals surface area contributed by atoms with Crippen molar-refractivity contribution in [1.29, 1.82) is 0 Å². The van der Waals surface area contributed by atoms with Crippen LogP contribution in [0.2, 0.25) is 5.02 Å². The molecule has 110 valence electrons. The maximum Gasteiger partial charge on any atom is 0.217 e. The topological polar surface area (TPSA) is 35.0 Å². The van der Waals surface area contributed by atoms with Crippen molar-refractivity contribution in [2.45, 2.75) is 13.5 Å². The van der Waals surface area contributed by atoms with E-state index in [0.29, 0.717) is 23.3 Å². The molecule has 4 heteroatoms. The molecule has 0 N–H and O–H groups in total. The van der Waals surface area contributed by atoms with Crippen LogP contribution in [0.3, 0.4) is 0 Å². The lowest BCUT2D eigenvalue weighted by molar-refractivity contribution is 0.293. The van der Waals surface area contributed by atoms with E-state index in [-0.39, 0.29) is 0 Å². The van der Waals surface area contributed by atoms with Gasteiger partial charge in [0.1, 0.15) is 6.61 Å². The van der Waals surface area contributed by atoms with Crippen LogP contribution in [0.4, 0.5) is 0 Å². The molecule has 0 radical (unpaired) electrons. The monoisotopic (exact) mass is 310 g/mol. The zero-order chi connectivity index (χ0) is 15.4. The molecule has 0 atom stereocenters. The quantitative estimate of drug-likeness (QED) is 0.701. The number of ether oxygens (including phenoxy) is 1. The number of rotatable bonds is 4. The lowest BCUT2D eigenvalue weighted by Gasteiger charge is -2.08. The van der Waals surface area contributed by atoms with Gasteiger partial charge in [0.25, 0.3) is 0 Å². The molecule has 0 amide bonds. The highest BCUT2D eigenvalue weighted by atomic mass is 35.5. The molecule has 0 fully saturated rings. The van der Waals surface area contributed by atoms with Gasteiger partial charge in [0.15, 0.2) is 5.82 Å². The molecule has 3 rings (SSSR count). The van der Waals surface area contributed by atoms with Crippen LogP contribution < -0.4 is 4.74 Å². The Morgan fingerprint density at radius 2 is 1.77 bits per heavy atom. The normalized spacial score (nSPS) is 10.5. The maximum absolute atomic E-state index is 6.03. The molecule has 0 aliphatic carbocycles. The zero-order valence-corrected chi connectivity index (χ0v) is 12.9. The second kappa shape index (κ2) is 6.58. The minimum atomic E-state index is 0.478. The molecule has 0 aliphatic rings. The molecular weight excluding hydrogens is 296 g/mol. The predicted molar refractivity (Wildman–Crippen MR) is 88.0 cm³/mol. The van der Waals surface area contributed by atoms with E-state index in [4.69, 9.17) is 16.3 Å². The van der Waals surface area contributed by atoms with Gasteiger partial charge in [-0.1, -0.05) is 54.1 Å². The Morgan fingerprint density at radius 3 is 2.55 bits per heavy atom. The highest BCUT2D eigenvalue weighted by Crippen LogP contribution is 2.22. The van der Waals surface area contributed by atoms with Crippen molar-refractivity contribution in [1.82, 2.24) is 9.97 Å². The minimum Gasteiger partial charge on any atom is -0.473 e. The van der Waals surface area contributed by atoms with Crippen molar-refractivity contribution in [2.24, 2.45) is 0 Å². The Morgan fingerprint density at radius 1 is 0.955 bits per heavy atom. The Kier molecular flexibility index (Phi) is 4.35. The van der Waals surface area contributed by atoms with E-state index in [1.807, 2.05) is 67.6 Å². The van der Waals surface area contributed by atoms with E-state index in [1.54, 1.807) is 0 Å². The molecule has 0 saturated heterocycles. The highest BCUT2D eigenvalue weighted by Gasteiger charge is 2.07. The zero-order valence-electron chi connectivity index (χ0n) is 12.2. The van der Waals surface area contributed by atoms with Crippen LogP contribution in [0.5, 0.6) is 5.88 Å². The van der Waals surface area contributed by atoms with Gasteiger partial charge in [-0.05, 0) is 24.6 Å². The third kappa shape index (κ3) is 3.62. The summed E-state index contributed by atoms with van der Waals surface area (Å²) in [5, 5.41) is 0.661. The lowest BCUT2D eigenvalue weighted by Crippen LogP contribution is -2.00. The van der Waals surface area contributed by atoms with Crippen molar-refractivity contribution < 1.29 is 4.74 Å². The van der Waals surface area contributed by atoms with Crippen LogP contribution in [-0.2, 0) is 6.61 Å². The average molecular weight is 311 g/mol. The molecule has 0 unspecified atom stereocenters. The number of halogens is 1. The van der Waals surface area contributed by atoms with Gasteiger partial charge in [-0.15, -0.1) is 0 Å². The third-order valence-corrected chi connectivity index (χ3v) is 3.38. The summed E-state index contributed by atoms with van der Waals surface area (Å²) in [5.41, 5.74) is 2.83. The molecule has 1 aromatic heterocycles. The maximum atomic E-state index is 6.03. The molecule has 0 aliphatic heterocycles. The summed E-state index contributed by atoms with van der Waals surface area (Å²) in [4.78, 5) is 8.92. The van der Waals surface area contributed by atoms with Gasteiger partial charge in [-0.3, -0.25) is 0 Å². The van der Waals surface area contributed by atoms with Gasteiger partial charge >= 0.3 is 0 Å². The van der Waals surface area contributed by atoms with Crippen LogP contribution in [-0.4, -0.2) is 9.97 Å². The van der Waals surface area contributed by atoms with Gasteiger partial charge in [0.05, 0.1) is 0 Å². The highest BCUT2D eigenvalue weighted by molar-refractivity contribution is 6.30. The van der Waals surface area contributed by atoms with Crippen molar-refractivity contribution in [2.75, 3.05) is 0 Å². The Balaban J connectivity index is 1.84. The predicted octanol–water partition coefficient (Wildman–Crippen LogP) is 4.68. The second-order valence-electron chi connectivity index (χ2n) is 4.96. The smallest absolute Gasteiger partial charge is 0.217 e. The molecule has 22 heavy (non-hydrogen) atoms. The fourth-order valence-corrected chi connectivity index (χ4v) is 2.29. The van der Waals surface area contributed by atoms with Gasteiger partial charge < -0.3 is 4.74 Å². The molecule has 3 nitrogen and oxygen atoms in total. The van der Waals surface area contributed by atoms with Crippen LogP contribution in [0, 0.1) is 6.92 Å². The number of nitrogens with zero attached hydrogens (tertiary/aromatic N) is 2. The lowest BCUT2D eigenvalue weighted by atomic mass is 10.2. The third-order valence-electron chi connectivity index (χ3n) is 3.14. The van der Waals surface area contributed by atoms with E-state index in [1.165, 1.54) is 0 Å². The van der Waals surface area contributed by atoms with Crippen molar-refractivity contribution >= 4 is 11.6 Å². The first-order valence-electron chi connectivity index (χ1n) is 6.99. The average Bonchev–Trinajstić information content (AvgIpc) is 2.53. The SMILES string of the molecule is Cc1cc(OCc2ccccc2)nc(-c2cccc(Cl)c2)n1. The van der Waals surface area contributed by atoms with E-state index < -0.39 is 0 Å². The molecule has 0 saturated carbocycles. The first-order valence-corrected chi connectivity index (χ1v) is 7.37. The summed E-state index contributed by atoms with van der Waals surface area (Å²) in [6, 6.07) is 19.3. The molecular formula is C18H15ClN2O. The Hall–Kier alpha value is -2.39. The van der Waals surface area contributed by atoms with Gasteiger partial charge in [0, 0.05) is 22.3 Å². The minimum absolute atomic E-state index is 0.478. The summed E-state index contributed by atoms with van der Waals surface area (Å²) < 4.78 is 5.78. The van der Waals surface area contributed by atoms with Gasteiger partial charge in [-0.2, -0.15) is 4.98 Å². The molecule has 3 aromatic rings. The van der Waals surface area contributed by atoms with Crippen LogP contribution in [0.25, 0.3) is 11.4 Å². The first-order chi connectivity index (χ1) is 10.7. The fraction of sp³-hybridized carbons (Fsp3) is 0.111. The molecule has 0 spiro atoms. The van der Waals surface area contributed by atoms with Crippen molar-refractivity contribution in [3.05, 3.63) is 76.9 Å². The fourth-order valence-electron chi connectivity index (χ4n) is 2.10. The summed E-state index contributed by atoms with van der Waals surface area (Å²) in [6.45, 7) is 2.40. The summed E-state index contributed by atoms with van der Waals surface area (Å²) >= 11 is 6.03. The standard InChI is InChI=1S/C18H15ClN2O/c1-13-10-17(22-12-14-6-3-2-4-7-14)21-18(20-13)15-8-5-9-16(19)11-15/h2-11H,12H2,1H3. The summed E-state index contributed by atoms with van der Waals surface area (Å²) in [5.74, 6) is 1.18. The van der Waals surface area contributed by atoms with Crippen molar-refractivity contribution in [3.8, 4) is 17.3 Å². The van der Waals surface area contributed by atoms with Gasteiger partial charge in [-0.25, -0.2) is 4.98 Å². The Labute approximate surface area is 134 Å².